The molecule has 2 aromatic heterocycles. The number of anilines is 1. The first-order chi connectivity index (χ1) is 9.09. The van der Waals surface area contributed by atoms with Crippen LogP contribution in [0.5, 0.6) is 0 Å². The van der Waals surface area contributed by atoms with E-state index in [1.807, 2.05) is 12.1 Å². The van der Waals surface area contributed by atoms with Crippen LogP contribution in [0.2, 0.25) is 0 Å². The third-order valence-electron chi connectivity index (χ3n) is 3.31. The van der Waals surface area contributed by atoms with Gasteiger partial charge in [-0.3, -0.25) is 0 Å². The molecule has 1 atom stereocenters. The molecule has 3 rings (SSSR count). The molecule has 3 heterocycles. The molecule has 0 saturated carbocycles. The van der Waals surface area contributed by atoms with E-state index in [1.54, 1.807) is 12.5 Å². The number of ether oxygens (including phenoxy) is 1. The zero-order valence-corrected chi connectivity index (χ0v) is 11.9. The van der Waals surface area contributed by atoms with E-state index in [0.717, 1.165) is 29.9 Å². The van der Waals surface area contributed by atoms with Crippen LogP contribution in [0.25, 0.3) is 11.0 Å². The van der Waals surface area contributed by atoms with Crippen LogP contribution in [0.3, 0.4) is 0 Å². The fraction of sp³-hybridized carbons (Fsp3) is 0.500. The van der Waals surface area contributed by atoms with Crippen LogP contribution in [0.15, 0.2) is 29.0 Å². The molecule has 0 radical (unpaired) electrons. The smallest absolute Gasteiger partial charge is 0.139 e. The van der Waals surface area contributed by atoms with Gasteiger partial charge in [0, 0.05) is 19.3 Å². The topological polar surface area (TPSA) is 38.5 Å². The molecular formula is C14H17ClN2O2. The van der Waals surface area contributed by atoms with Gasteiger partial charge in [0.05, 0.1) is 29.2 Å². The van der Waals surface area contributed by atoms with Crippen molar-refractivity contribution in [3.05, 3.63) is 24.6 Å². The Morgan fingerprint density at radius 2 is 2.32 bits per heavy atom. The normalized spacial score (nSPS) is 22.9. The lowest BCUT2D eigenvalue weighted by Gasteiger charge is -2.43. The fourth-order valence-electron chi connectivity index (χ4n) is 2.67. The van der Waals surface area contributed by atoms with Crippen molar-refractivity contribution in [1.29, 1.82) is 0 Å². The molecule has 1 aliphatic heterocycles. The van der Waals surface area contributed by atoms with E-state index in [0.29, 0.717) is 5.88 Å². The van der Waals surface area contributed by atoms with Crippen molar-refractivity contribution < 1.29 is 9.15 Å². The molecule has 1 fully saturated rings. The maximum atomic E-state index is 5.97. The molecule has 1 saturated heterocycles. The number of alkyl halides is 1. The molecule has 4 nitrogen and oxygen atoms in total. The minimum Gasteiger partial charge on any atom is -0.464 e. The van der Waals surface area contributed by atoms with E-state index >= 15 is 0 Å². The summed E-state index contributed by atoms with van der Waals surface area (Å²) in [4.78, 5) is 6.73. The van der Waals surface area contributed by atoms with E-state index in [9.17, 15) is 0 Å². The zero-order chi connectivity index (χ0) is 13.5. The Morgan fingerprint density at radius 1 is 1.47 bits per heavy atom. The molecule has 2 aromatic rings. The van der Waals surface area contributed by atoms with Crippen LogP contribution in [0.4, 0.5) is 5.82 Å². The Morgan fingerprint density at radius 3 is 3.11 bits per heavy atom. The lowest BCUT2D eigenvalue weighted by molar-refractivity contribution is -0.0735. The van der Waals surface area contributed by atoms with Crippen LogP contribution in [0, 0.1) is 0 Å². The van der Waals surface area contributed by atoms with Crippen LogP contribution >= 0.6 is 11.6 Å². The van der Waals surface area contributed by atoms with Crippen LogP contribution in [-0.4, -0.2) is 35.7 Å². The number of fused-ring (bicyclic) bond motifs is 1. The van der Waals surface area contributed by atoms with Crippen molar-refractivity contribution in [1.82, 2.24) is 4.98 Å². The molecule has 19 heavy (non-hydrogen) atoms. The van der Waals surface area contributed by atoms with Crippen LogP contribution in [-0.2, 0) is 4.74 Å². The van der Waals surface area contributed by atoms with Crippen molar-refractivity contribution in [3.8, 4) is 0 Å². The van der Waals surface area contributed by atoms with E-state index in [-0.39, 0.29) is 11.7 Å². The average Bonchev–Trinajstić information content (AvgIpc) is 2.84. The first-order valence-corrected chi connectivity index (χ1v) is 6.93. The first kappa shape index (κ1) is 12.8. The number of furan rings is 1. The van der Waals surface area contributed by atoms with Gasteiger partial charge in [-0.2, -0.15) is 0 Å². The number of halogens is 1. The van der Waals surface area contributed by atoms with Gasteiger partial charge >= 0.3 is 0 Å². The zero-order valence-electron chi connectivity index (χ0n) is 11.1. The molecule has 0 spiro atoms. The summed E-state index contributed by atoms with van der Waals surface area (Å²) in [5, 5.41) is 1.04. The Hall–Kier alpha value is -1.26. The molecule has 0 amide bonds. The van der Waals surface area contributed by atoms with Gasteiger partial charge in [-0.15, -0.1) is 11.6 Å². The van der Waals surface area contributed by atoms with Gasteiger partial charge in [-0.25, -0.2) is 4.98 Å². The summed E-state index contributed by atoms with van der Waals surface area (Å²) in [6.45, 7) is 5.70. The number of nitrogens with zero attached hydrogens (tertiary/aromatic N) is 2. The SMILES string of the molecule is CC1(C)CN(c2nccc3occc23)CC(CCl)O1. The average molecular weight is 281 g/mol. The van der Waals surface area contributed by atoms with Gasteiger partial charge in [0.1, 0.15) is 11.4 Å². The number of aromatic nitrogens is 1. The number of morpholine rings is 1. The second-order valence-electron chi connectivity index (χ2n) is 5.50. The first-order valence-electron chi connectivity index (χ1n) is 6.40. The minimum atomic E-state index is -0.231. The van der Waals surface area contributed by atoms with Crippen molar-refractivity contribution in [2.45, 2.75) is 25.6 Å². The summed E-state index contributed by atoms with van der Waals surface area (Å²) in [6, 6.07) is 3.83. The van der Waals surface area contributed by atoms with Gasteiger partial charge in [0.2, 0.25) is 0 Å². The Bertz CT molecular complexity index is 582. The third-order valence-corrected chi connectivity index (χ3v) is 3.66. The second kappa shape index (κ2) is 4.69. The maximum Gasteiger partial charge on any atom is 0.139 e. The standard InChI is InChI=1S/C14H17ClN2O2/c1-14(2)9-17(8-10(7-15)19-14)13-11-4-6-18-12(11)3-5-16-13/h3-6,10H,7-9H2,1-2H3. The maximum absolute atomic E-state index is 5.97. The van der Waals surface area contributed by atoms with Crippen LogP contribution in [0.1, 0.15) is 13.8 Å². The summed E-state index contributed by atoms with van der Waals surface area (Å²) in [5.41, 5.74) is 0.627. The molecule has 1 aliphatic rings. The fourth-order valence-corrected chi connectivity index (χ4v) is 2.83. The minimum absolute atomic E-state index is 0.0226. The number of pyridine rings is 1. The van der Waals surface area contributed by atoms with Gasteiger partial charge < -0.3 is 14.1 Å². The van der Waals surface area contributed by atoms with Gasteiger partial charge in [-0.1, -0.05) is 0 Å². The lowest BCUT2D eigenvalue weighted by Crippen LogP contribution is -2.53. The van der Waals surface area contributed by atoms with E-state index in [2.05, 4.69) is 23.7 Å². The number of hydrogen-bond donors (Lipinski definition) is 0. The summed E-state index contributed by atoms with van der Waals surface area (Å²) < 4.78 is 11.4. The predicted molar refractivity (Wildman–Crippen MR) is 75.9 cm³/mol. The molecule has 1 unspecified atom stereocenters. The van der Waals surface area contributed by atoms with Gasteiger partial charge in [0.25, 0.3) is 0 Å². The summed E-state index contributed by atoms with van der Waals surface area (Å²) in [7, 11) is 0. The molecule has 5 heteroatoms. The van der Waals surface area contributed by atoms with Crippen molar-refractivity contribution in [2.75, 3.05) is 23.9 Å². The number of hydrogen-bond acceptors (Lipinski definition) is 4. The quantitative estimate of drug-likeness (QED) is 0.793. The highest BCUT2D eigenvalue weighted by Gasteiger charge is 2.34. The summed E-state index contributed by atoms with van der Waals surface area (Å²) in [5.74, 6) is 1.43. The second-order valence-corrected chi connectivity index (χ2v) is 5.81. The summed E-state index contributed by atoms with van der Waals surface area (Å²) >= 11 is 5.97. The molecule has 0 N–H and O–H groups in total. The van der Waals surface area contributed by atoms with E-state index in [1.165, 1.54) is 0 Å². The third kappa shape index (κ3) is 2.42. The van der Waals surface area contributed by atoms with Crippen molar-refractivity contribution >= 4 is 28.4 Å². The highest BCUT2D eigenvalue weighted by Crippen LogP contribution is 2.30. The monoisotopic (exact) mass is 280 g/mol. The Labute approximate surface area is 117 Å². The van der Waals surface area contributed by atoms with E-state index < -0.39 is 0 Å². The summed E-state index contributed by atoms with van der Waals surface area (Å²) in [6.07, 6.45) is 3.49. The van der Waals surface area contributed by atoms with E-state index in [4.69, 9.17) is 20.8 Å². The van der Waals surface area contributed by atoms with Crippen molar-refractivity contribution in [3.63, 3.8) is 0 Å². The highest BCUT2D eigenvalue weighted by molar-refractivity contribution is 6.18. The Kier molecular flexibility index (Phi) is 3.15. The predicted octanol–water partition coefficient (Wildman–Crippen LogP) is 3.05. The van der Waals surface area contributed by atoms with Gasteiger partial charge in [0.15, 0.2) is 0 Å². The Balaban J connectivity index is 1.98. The molecular weight excluding hydrogens is 264 g/mol. The molecule has 102 valence electrons. The molecule has 0 aromatic carbocycles. The number of rotatable bonds is 2. The van der Waals surface area contributed by atoms with Crippen molar-refractivity contribution in [2.24, 2.45) is 0 Å². The lowest BCUT2D eigenvalue weighted by atomic mass is 10.1. The van der Waals surface area contributed by atoms with Crippen LogP contribution < -0.4 is 4.90 Å². The van der Waals surface area contributed by atoms with Gasteiger partial charge in [-0.05, 0) is 26.0 Å². The largest absolute Gasteiger partial charge is 0.464 e. The molecule has 0 aliphatic carbocycles. The molecule has 0 bridgehead atoms. The highest BCUT2D eigenvalue weighted by atomic mass is 35.5.